The number of nitrogens with one attached hydrogen (secondary N) is 1. The van der Waals surface area contributed by atoms with Gasteiger partial charge in [0, 0.05) is 17.1 Å². The summed E-state index contributed by atoms with van der Waals surface area (Å²) in [4.78, 5) is 20.7. The van der Waals surface area contributed by atoms with Crippen LogP contribution in [0, 0.1) is 13.8 Å². The Labute approximate surface area is 159 Å². The molecule has 0 spiro atoms. The highest BCUT2D eigenvalue weighted by Crippen LogP contribution is 2.27. The number of hydrogen-bond acceptors (Lipinski definition) is 5. The topological polar surface area (TPSA) is 67.2 Å². The van der Waals surface area contributed by atoms with Crippen LogP contribution < -0.4 is 5.43 Å². The zero-order valence-corrected chi connectivity index (χ0v) is 16.9. The van der Waals surface area contributed by atoms with Gasteiger partial charge >= 0.3 is 0 Å². The van der Waals surface area contributed by atoms with Gasteiger partial charge in [0.15, 0.2) is 5.16 Å². The minimum atomic E-state index is -0.158. The molecule has 6 heteroatoms. The number of rotatable bonds is 7. The van der Waals surface area contributed by atoms with Crippen LogP contribution in [0.15, 0.2) is 46.7 Å². The molecule has 0 unspecified atom stereocenters. The summed E-state index contributed by atoms with van der Waals surface area (Å²) in [5.74, 6) is 0.0801. The summed E-state index contributed by atoms with van der Waals surface area (Å²) in [5.41, 5.74) is 6.53. The Kier molecular flexibility index (Phi) is 6.91. The Morgan fingerprint density at radius 2 is 1.77 bits per heavy atom. The van der Waals surface area contributed by atoms with E-state index in [-0.39, 0.29) is 17.1 Å². The van der Waals surface area contributed by atoms with E-state index in [0.29, 0.717) is 5.16 Å². The third kappa shape index (κ3) is 6.26. The number of hydrogen-bond donors (Lipinski definition) is 1. The first-order valence-electron chi connectivity index (χ1n) is 8.59. The maximum atomic E-state index is 12.0. The Morgan fingerprint density at radius 3 is 2.38 bits per heavy atom. The molecule has 5 nitrogen and oxygen atoms in total. The molecule has 0 bridgehead atoms. The number of thioether (sulfide) groups is 1. The molecule has 1 heterocycles. The number of carbonyl (C=O) groups is 1. The van der Waals surface area contributed by atoms with E-state index in [1.165, 1.54) is 17.3 Å². The van der Waals surface area contributed by atoms with Crippen LogP contribution in [0.4, 0.5) is 0 Å². The summed E-state index contributed by atoms with van der Waals surface area (Å²) in [5, 5.41) is 4.86. The minimum absolute atomic E-state index is 0.0404. The number of benzene rings is 1. The van der Waals surface area contributed by atoms with E-state index in [2.05, 4.69) is 46.5 Å². The van der Waals surface area contributed by atoms with Gasteiger partial charge in [-0.15, -0.1) is 0 Å². The van der Waals surface area contributed by atoms with E-state index < -0.39 is 0 Å². The van der Waals surface area contributed by atoms with Crippen molar-refractivity contribution in [2.45, 2.75) is 51.6 Å². The molecule has 1 aromatic heterocycles. The lowest BCUT2D eigenvalue weighted by Crippen LogP contribution is -2.25. The van der Waals surface area contributed by atoms with Gasteiger partial charge in [-0.3, -0.25) is 4.79 Å². The average molecular weight is 371 g/mol. The summed E-state index contributed by atoms with van der Waals surface area (Å²) in [7, 11) is 0. The highest BCUT2D eigenvalue weighted by atomic mass is 32.2. The lowest BCUT2D eigenvalue weighted by atomic mass is 9.80. The summed E-state index contributed by atoms with van der Waals surface area (Å²) in [6.07, 6.45) is 0.768. The molecular formula is C20H26N4OS. The normalized spacial score (nSPS) is 12.1. The largest absolute Gasteiger partial charge is 0.272 e. The minimum Gasteiger partial charge on any atom is -0.272 e. The molecule has 0 atom stereocenters. The van der Waals surface area contributed by atoms with E-state index in [9.17, 15) is 4.79 Å². The van der Waals surface area contributed by atoms with Crippen molar-refractivity contribution in [3.05, 3.63) is 53.3 Å². The molecule has 0 saturated heterocycles. The monoisotopic (exact) mass is 370 g/mol. The first-order chi connectivity index (χ1) is 12.3. The standard InChI is InChI=1S/C20H26N4OS/c1-14-11-15(2)22-19(21-14)26-13-18(25)24-23-16(3)12-20(4,5)17-9-7-6-8-10-17/h6-11H,12-13H2,1-5H3,(H,24,25)/b23-16-. The molecule has 2 rings (SSSR count). The van der Waals surface area contributed by atoms with Gasteiger partial charge in [-0.25, -0.2) is 15.4 Å². The lowest BCUT2D eigenvalue weighted by Gasteiger charge is -2.25. The molecule has 0 saturated carbocycles. The van der Waals surface area contributed by atoms with Crippen LogP contribution in [0.25, 0.3) is 0 Å². The van der Waals surface area contributed by atoms with E-state index in [1.54, 1.807) is 0 Å². The predicted molar refractivity (Wildman–Crippen MR) is 108 cm³/mol. The van der Waals surface area contributed by atoms with Gasteiger partial charge < -0.3 is 0 Å². The van der Waals surface area contributed by atoms with Crippen LogP contribution in [-0.2, 0) is 10.2 Å². The number of nitrogens with zero attached hydrogens (tertiary/aromatic N) is 3. The fourth-order valence-corrected chi connectivity index (χ4v) is 3.49. The summed E-state index contributed by atoms with van der Waals surface area (Å²) < 4.78 is 0. The van der Waals surface area contributed by atoms with Gasteiger partial charge in [-0.1, -0.05) is 55.9 Å². The molecule has 0 aliphatic carbocycles. The predicted octanol–water partition coefficient (Wildman–Crippen LogP) is 4.05. The van der Waals surface area contributed by atoms with Crippen molar-refractivity contribution in [2.75, 3.05) is 5.75 Å². The first-order valence-corrected chi connectivity index (χ1v) is 9.57. The van der Waals surface area contributed by atoms with Crippen LogP contribution in [0.2, 0.25) is 0 Å². The fraction of sp³-hybridized carbons (Fsp3) is 0.400. The quantitative estimate of drug-likeness (QED) is 0.346. The number of carbonyl (C=O) groups excluding carboxylic acids is 1. The molecule has 0 aliphatic rings. The van der Waals surface area contributed by atoms with Crippen LogP contribution in [0.1, 0.15) is 44.1 Å². The number of aromatic nitrogens is 2. The lowest BCUT2D eigenvalue weighted by molar-refractivity contribution is -0.118. The first kappa shape index (κ1) is 20.1. The van der Waals surface area contributed by atoms with Crippen molar-refractivity contribution in [2.24, 2.45) is 5.10 Å². The summed E-state index contributed by atoms with van der Waals surface area (Å²) in [6, 6.07) is 12.2. The van der Waals surface area contributed by atoms with Crippen molar-refractivity contribution in [3.8, 4) is 0 Å². The second kappa shape index (κ2) is 8.94. The fourth-order valence-electron chi connectivity index (χ4n) is 2.75. The number of aryl methyl sites for hydroxylation is 2. The van der Waals surface area contributed by atoms with Crippen molar-refractivity contribution in [3.63, 3.8) is 0 Å². The van der Waals surface area contributed by atoms with Crippen LogP contribution in [0.3, 0.4) is 0 Å². The summed E-state index contributed by atoms with van der Waals surface area (Å²) in [6.45, 7) is 10.1. The van der Waals surface area contributed by atoms with E-state index >= 15 is 0 Å². The van der Waals surface area contributed by atoms with E-state index in [1.807, 2.05) is 45.0 Å². The van der Waals surface area contributed by atoms with Gasteiger partial charge in [0.05, 0.1) is 5.75 Å². The Bertz CT molecular complexity index is 767. The Hall–Kier alpha value is -2.21. The van der Waals surface area contributed by atoms with Gasteiger partial charge in [0.1, 0.15) is 0 Å². The smallest absolute Gasteiger partial charge is 0.250 e. The Balaban J connectivity index is 1.86. The molecular weight excluding hydrogens is 344 g/mol. The molecule has 0 radical (unpaired) electrons. The van der Waals surface area contributed by atoms with Crippen LogP contribution in [0.5, 0.6) is 0 Å². The highest BCUT2D eigenvalue weighted by Gasteiger charge is 2.21. The zero-order valence-electron chi connectivity index (χ0n) is 16.0. The highest BCUT2D eigenvalue weighted by molar-refractivity contribution is 7.99. The van der Waals surface area contributed by atoms with E-state index in [4.69, 9.17) is 0 Å². The number of hydrazone groups is 1. The summed E-state index contributed by atoms with van der Waals surface area (Å²) >= 11 is 1.32. The second-order valence-electron chi connectivity index (χ2n) is 7.03. The zero-order chi connectivity index (χ0) is 19.2. The average Bonchev–Trinajstić information content (AvgIpc) is 2.58. The maximum Gasteiger partial charge on any atom is 0.250 e. The number of amides is 1. The maximum absolute atomic E-state index is 12.0. The van der Waals surface area contributed by atoms with Crippen molar-refractivity contribution < 1.29 is 4.79 Å². The third-order valence-electron chi connectivity index (χ3n) is 3.92. The van der Waals surface area contributed by atoms with Crippen molar-refractivity contribution in [1.82, 2.24) is 15.4 Å². The molecule has 1 aromatic carbocycles. The van der Waals surface area contributed by atoms with Gasteiger partial charge in [-0.2, -0.15) is 5.10 Å². The molecule has 0 aliphatic heterocycles. The molecule has 138 valence electrons. The van der Waals surface area contributed by atoms with E-state index in [0.717, 1.165) is 23.5 Å². The van der Waals surface area contributed by atoms with Gasteiger partial charge in [-0.05, 0) is 44.2 Å². The second-order valence-corrected chi connectivity index (χ2v) is 7.97. The van der Waals surface area contributed by atoms with Crippen LogP contribution >= 0.6 is 11.8 Å². The molecule has 0 fully saturated rings. The molecule has 1 amide bonds. The third-order valence-corrected chi connectivity index (χ3v) is 4.77. The molecule has 2 aromatic rings. The van der Waals surface area contributed by atoms with Gasteiger partial charge in [0.25, 0.3) is 5.91 Å². The molecule has 26 heavy (non-hydrogen) atoms. The van der Waals surface area contributed by atoms with Crippen molar-refractivity contribution >= 4 is 23.4 Å². The Morgan fingerprint density at radius 1 is 1.15 bits per heavy atom. The SMILES string of the molecule is C/C(CC(C)(C)c1ccccc1)=N/NC(=O)CSc1nc(C)cc(C)n1. The van der Waals surface area contributed by atoms with Gasteiger partial charge in [0.2, 0.25) is 0 Å². The molecule has 1 N–H and O–H groups in total. The van der Waals surface area contributed by atoms with Crippen LogP contribution in [-0.4, -0.2) is 27.3 Å². The van der Waals surface area contributed by atoms with Crippen molar-refractivity contribution in [1.29, 1.82) is 0 Å².